The van der Waals surface area contributed by atoms with E-state index in [2.05, 4.69) is 26.6 Å². The molecule has 0 saturated carbocycles. The summed E-state index contributed by atoms with van der Waals surface area (Å²) in [5, 5.41) is 5.87. The summed E-state index contributed by atoms with van der Waals surface area (Å²) in [7, 11) is 0. The summed E-state index contributed by atoms with van der Waals surface area (Å²) in [5.41, 5.74) is 1.14. The monoisotopic (exact) mass is 346 g/mol. The van der Waals surface area contributed by atoms with E-state index >= 15 is 0 Å². The van der Waals surface area contributed by atoms with Crippen molar-refractivity contribution in [1.82, 2.24) is 20.5 Å². The van der Waals surface area contributed by atoms with Crippen molar-refractivity contribution in [2.24, 2.45) is 0 Å². The summed E-state index contributed by atoms with van der Waals surface area (Å²) in [6.07, 6.45) is 8.38. The average Bonchev–Trinajstić information content (AvgIpc) is 3.15. The maximum atomic E-state index is 12.1. The van der Waals surface area contributed by atoms with E-state index in [4.69, 9.17) is 0 Å². The van der Waals surface area contributed by atoms with Crippen LogP contribution in [-0.2, 0) is 9.59 Å². The van der Waals surface area contributed by atoms with Crippen molar-refractivity contribution in [3.63, 3.8) is 0 Å². The molecule has 2 amide bonds. The van der Waals surface area contributed by atoms with Crippen molar-refractivity contribution < 1.29 is 9.59 Å². The molecular formula is C19H30N4O2. The molecule has 6 heteroatoms. The van der Waals surface area contributed by atoms with Crippen LogP contribution in [0, 0.1) is 0 Å². The molecule has 2 N–H and O–H groups in total. The third-order valence-corrected chi connectivity index (χ3v) is 4.52. The van der Waals surface area contributed by atoms with Gasteiger partial charge in [0, 0.05) is 38.3 Å². The van der Waals surface area contributed by atoms with Crippen LogP contribution in [0.15, 0.2) is 24.5 Å². The lowest BCUT2D eigenvalue weighted by Crippen LogP contribution is -2.36. The molecule has 1 unspecified atom stereocenters. The molecule has 0 radical (unpaired) electrons. The highest BCUT2D eigenvalue weighted by Gasteiger charge is 2.24. The Morgan fingerprint density at radius 3 is 2.56 bits per heavy atom. The smallest absolute Gasteiger partial charge is 0.220 e. The van der Waals surface area contributed by atoms with Gasteiger partial charge in [-0.3, -0.25) is 19.5 Å². The molecular weight excluding hydrogens is 316 g/mol. The first-order chi connectivity index (χ1) is 12.2. The first-order valence-corrected chi connectivity index (χ1v) is 9.38. The van der Waals surface area contributed by atoms with E-state index in [0.717, 1.165) is 25.1 Å². The quantitative estimate of drug-likeness (QED) is 0.680. The lowest BCUT2D eigenvalue weighted by Gasteiger charge is -2.28. The summed E-state index contributed by atoms with van der Waals surface area (Å²) < 4.78 is 0. The molecule has 138 valence electrons. The fraction of sp³-hybridized carbons (Fsp3) is 0.632. The summed E-state index contributed by atoms with van der Waals surface area (Å²) in [6, 6.07) is 4.18. The third-order valence-electron chi connectivity index (χ3n) is 4.52. The number of carbonyl (C=O) groups is 2. The van der Waals surface area contributed by atoms with Crippen molar-refractivity contribution in [2.45, 2.75) is 51.5 Å². The van der Waals surface area contributed by atoms with Gasteiger partial charge in [-0.15, -0.1) is 0 Å². The van der Waals surface area contributed by atoms with Crippen LogP contribution in [0.5, 0.6) is 0 Å². The van der Waals surface area contributed by atoms with Gasteiger partial charge in [0.25, 0.3) is 0 Å². The Morgan fingerprint density at radius 1 is 1.20 bits per heavy atom. The first-order valence-electron chi connectivity index (χ1n) is 9.38. The number of aromatic nitrogens is 1. The molecule has 1 aliphatic heterocycles. The van der Waals surface area contributed by atoms with Crippen LogP contribution in [-0.4, -0.2) is 47.9 Å². The van der Waals surface area contributed by atoms with Gasteiger partial charge in [0.05, 0.1) is 6.04 Å². The van der Waals surface area contributed by atoms with Crippen molar-refractivity contribution in [3.8, 4) is 0 Å². The predicted molar refractivity (Wildman–Crippen MR) is 97.9 cm³/mol. The summed E-state index contributed by atoms with van der Waals surface area (Å²) in [6.45, 7) is 5.44. The van der Waals surface area contributed by atoms with E-state index in [0.29, 0.717) is 32.4 Å². The molecule has 6 nitrogen and oxygen atoms in total. The van der Waals surface area contributed by atoms with E-state index in [-0.39, 0.29) is 17.9 Å². The number of hydrogen-bond donors (Lipinski definition) is 2. The molecule has 1 saturated heterocycles. The molecule has 0 bridgehead atoms. The van der Waals surface area contributed by atoms with E-state index in [1.54, 1.807) is 6.20 Å². The van der Waals surface area contributed by atoms with Gasteiger partial charge < -0.3 is 10.6 Å². The Kier molecular flexibility index (Phi) is 8.39. The van der Waals surface area contributed by atoms with Crippen LogP contribution in [0.2, 0.25) is 0 Å². The van der Waals surface area contributed by atoms with Crippen molar-refractivity contribution in [3.05, 3.63) is 30.1 Å². The highest BCUT2D eigenvalue weighted by Crippen LogP contribution is 2.23. The van der Waals surface area contributed by atoms with Gasteiger partial charge in [0.15, 0.2) is 0 Å². The molecule has 1 fully saturated rings. The Bertz CT molecular complexity index is 529. The maximum absolute atomic E-state index is 12.1. The predicted octanol–water partition coefficient (Wildman–Crippen LogP) is 2.03. The minimum atomic E-state index is 0.0105. The number of pyridine rings is 1. The van der Waals surface area contributed by atoms with Gasteiger partial charge in [-0.1, -0.05) is 13.0 Å². The second kappa shape index (κ2) is 10.8. The van der Waals surface area contributed by atoms with E-state index < -0.39 is 0 Å². The van der Waals surface area contributed by atoms with Crippen LogP contribution in [0.1, 0.15) is 57.1 Å². The molecule has 0 aliphatic carbocycles. The highest BCUT2D eigenvalue weighted by atomic mass is 16.2. The maximum Gasteiger partial charge on any atom is 0.220 e. The Labute approximate surface area is 150 Å². The lowest BCUT2D eigenvalue weighted by molar-refractivity contribution is -0.122. The second-order valence-corrected chi connectivity index (χ2v) is 6.55. The van der Waals surface area contributed by atoms with Crippen LogP contribution < -0.4 is 10.6 Å². The first kappa shape index (κ1) is 19.4. The molecule has 25 heavy (non-hydrogen) atoms. The largest absolute Gasteiger partial charge is 0.356 e. The van der Waals surface area contributed by atoms with Crippen LogP contribution in [0.4, 0.5) is 0 Å². The van der Waals surface area contributed by atoms with Gasteiger partial charge in [-0.05, 0) is 50.4 Å². The zero-order chi connectivity index (χ0) is 17.9. The van der Waals surface area contributed by atoms with E-state index in [1.807, 2.05) is 19.2 Å². The van der Waals surface area contributed by atoms with E-state index in [1.165, 1.54) is 12.8 Å². The van der Waals surface area contributed by atoms with Crippen LogP contribution in [0.3, 0.4) is 0 Å². The van der Waals surface area contributed by atoms with Crippen molar-refractivity contribution >= 4 is 11.8 Å². The normalized spacial score (nSPS) is 15.7. The average molecular weight is 346 g/mol. The third kappa shape index (κ3) is 6.82. The fourth-order valence-corrected chi connectivity index (χ4v) is 3.15. The Balaban J connectivity index is 1.76. The molecule has 2 heterocycles. The number of nitrogens with zero attached hydrogens (tertiary/aromatic N) is 2. The summed E-state index contributed by atoms with van der Waals surface area (Å²) in [5.74, 6) is 0.0383. The molecule has 1 aromatic heterocycles. The SMILES string of the molecule is CCCNC(=O)CCCC(=O)NCC(c1cccnc1)N1CCCC1. The topological polar surface area (TPSA) is 74.3 Å². The standard InChI is InChI=1S/C19H30N4O2/c1-2-10-21-18(24)8-5-9-19(25)22-15-17(23-12-3-4-13-23)16-7-6-11-20-14-16/h6-7,11,14,17H,2-5,8-10,12-13,15H2,1H3,(H,21,24)(H,22,25). The number of hydrogen-bond acceptors (Lipinski definition) is 4. The van der Waals surface area contributed by atoms with Crippen LogP contribution in [0.25, 0.3) is 0 Å². The number of rotatable bonds is 10. The highest BCUT2D eigenvalue weighted by molar-refractivity contribution is 5.78. The number of amides is 2. The minimum absolute atomic E-state index is 0.0105. The van der Waals surface area contributed by atoms with Gasteiger partial charge in [-0.25, -0.2) is 0 Å². The zero-order valence-electron chi connectivity index (χ0n) is 15.2. The van der Waals surface area contributed by atoms with Gasteiger partial charge >= 0.3 is 0 Å². The van der Waals surface area contributed by atoms with Crippen molar-refractivity contribution in [1.29, 1.82) is 0 Å². The molecule has 2 rings (SSSR count). The fourth-order valence-electron chi connectivity index (χ4n) is 3.15. The van der Waals surface area contributed by atoms with Gasteiger partial charge in [0.1, 0.15) is 0 Å². The lowest BCUT2D eigenvalue weighted by atomic mass is 10.1. The second-order valence-electron chi connectivity index (χ2n) is 6.55. The van der Waals surface area contributed by atoms with Crippen molar-refractivity contribution in [2.75, 3.05) is 26.2 Å². The van der Waals surface area contributed by atoms with Crippen LogP contribution >= 0.6 is 0 Å². The number of carbonyl (C=O) groups excluding carboxylic acids is 2. The Hall–Kier alpha value is -1.95. The van der Waals surface area contributed by atoms with Gasteiger partial charge in [-0.2, -0.15) is 0 Å². The molecule has 1 aromatic rings. The van der Waals surface area contributed by atoms with Gasteiger partial charge in [0.2, 0.25) is 11.8 Å². The summed E-state index contributed by atoms with van der Waals surface area (Å²) in [4.78, 5) is 30.3. The van der Waals surface area contributed by atoms with E-state index in [9.17, 15) is 9.59 Å². The molecule has 1 atom stereocenters. The number of likely N-dealkylation sites (tertiary alicyclic amines) is 1. The molecule has 0 aromatic carbocycles. The zero-order valence-corrected chi connectivity index (χ0v) is 15.2. The Morgan fingerprint density at radius 2 is 1.92 bits per heavy atom. The molecule has 1 aliphatic rings. The minimum Gasteiger partial charge on any atom is -0.356 e. The summed E-state index contributed by atoms with van der Waals surface area (Å²) >= 11 is 0. The molecule has 0 spiro atoms. The number of nitrogens with one attached hydrogen (secondary N) is 2.